The average molecular weight is 351 g/mol. The molecule has 0 amide bonds. The molecule has 1 aliphatic heterocycles. The lowest BCUT2D eigenvalue weighted by molar-refractivity contribution is -0.138. The predicted octanol–water partition coefficient (Wildman–Crippen LogP) is 3.51. The van der Waals surface area contributed by atoms with Crippen molar-refractivity contribution in [3.8, 4) is 0 Å². The standard InChI is InChI=1S/C19H20F3NO2/c20-19(21,22)17-4-2-1-3-16(17)18-9-15(25)11-23(18)10-13-5-7-14(12-24)8-6-13/h1-8,15,18,24-25H,9-12H2/t15-,18-/m0/s1. The molecule has 2 aromatic carbocycles. The molecule has 0 radical (unpaired) electrons. The maximum atomic E-state index is 13.3. The summed E-state index contributed by atoms with van der Waals surface area (Å²) in [6.07, 6.45) is -4.79. The van der Waals surface area contributed by atoms with Gasteiger partial charge >= 0.3 is 6.18 Å². The Bertz CT molecular complexity index is 715. The van der Waals surface area contributed by atoms with Gasteiger partial charge in [-0.05, 0) is 29.2 Å². The highest BCUT2D eigenvalue weighted by Gasteiger charge is 2.39. The number of aliphatic hydroxyl groups is 2. The monoisotopic (exact) mass is 351 g/mol. The molecule has 25 heavy (non-hydrogen) atoms. The van der Waals surface area contributed by atoms with Gasteiger partial charge in [0.05, 0.1) is 18.3 Å². The SMILES string of the molecule is OCc1ccc(CN2C[C@@H](O)C[C@H]2c2ccccc2C(F)(F)F)cc1. The van der Waals surface area contributed by atoms with E-state index in [2.05, 4.69) is 0 Å². The van der Waals surface area contributed by atoms with E-state index in [-0.39, 0.29) is 18.6 Å². The molecular weight excluding hydrogens is 331 g/mol. The van der Waals surface area contributed by atoms with E-state index in [1.807, 2.05) is 17.0 Å². The summed E-state index contributed by atoms with van der Waals surface area (Å²) in [6, 6.07) is 12.4. The fraction of sp³-hybridized carbons (Fsp3) is 0.368. The van der Waals surface area contributed by atoms with Crippen LogP contribution in [0.5, 0.6) is 0 Å². The third-order valence-electron chi connectivity index (χ3n) is 4.60. The first kappa shape index (κ1) is 17.9. The number of nitrogens with zero attached hydrogens (tertiary/aromatic N) is 1. The summed E-state index contributed by atoms with van der Waals surface area (Å²) in [5, 5.41) is 19.1. The van der Waals surface area contributed by atoms with Gasteiger partial charge in [0, 0.05) is 19.1 Å². The number of benzene rings is 2. The van der Waals surface area contributed by atoms with E-state index in [0.29, 0.717) is 13.1 Å². The molecule has 0 saturated carbocycles. The fourth-order valence-corrected chi connectivity index (χ4v) is 3.41. The highest BCUT2D eigenvalue weighted by Crippen LogP contribution is 2.40. The average Bonchev–Trinajstić information content (AvgIpc) is 2.95. The van der Waals surface area contributed by atoms with Crippen molar-refractivity contribution in [2.24, 2.45) is 0 Å². The molecule has 2 N–H and O–H groups in total. The van der Waals surface area contributed by atoms with Crippen LogP contribution >= 0.6 is 0 Å². The Hall–Kier alpha value is -1.89. The number of aliphatic hydroxyl groups excluding tert-OH is 2. The van der Waals surface area contributed by atoms with Gasteiger partial charge in [-0.1, -0.05) is 42.5 Å². The van der Waals surface area contributed by atoms with Gasteiger partial charge in [0.1, 0.15) is 0 Å². The van der Waals surface area contributed by atoms with Gasteiger partial charge in [0.25, 0.3) is 0 Å². The van der Waals surface area contributed by atoms with Gasteiger partial charge in [-0.25, -0.2) is 0 Å². The molecule has 6 heteroatoms. The van der Waals surface area contributed by atoms with Crippen molar-refractivity contribution in [2.45, 2.75) is 37.9 Å². The van der Waals surface area contributed by atoms with E-state index < -0.39 is 23.9 Å². The van der Waals surface area contributed by atoms with Gasteiger partial charge in [-0.3, -0.25) is 4.90 Å². The molecule has 0 spiro atoms. The van der Waals surface area contributed by atoms with Crippen molar-refractivity contribution in [3.05, 3.63) is 70.8 Å². The molecule has 3 rings (SSSR count). The van der Waals surface area contributed by atoms with Crippen LogP contribution in [0.1, 0.15) is 34.7 Å². The first-order chi connectivity index (χ1) is 11.9. The first-order valence-corrected chi connectivity index (χ1v) is 8.15. The van der Waals surface area contributed by atoms with Crippen molar-refractivity contribution in [3.63, 3.8) is 0 Å². The maximum absolute atomic E-state index is 13.3. The predicted molar refractivity (Wildman–Crippen MR) is 87.6 cm³/mol. The molecule has 134 valence electrons. The second-order valence-electron chi connectivity index (χ2n) is 6.39. The summed E-state index contributed by atoms with van der Waals surface area (Å²) in [5.74, 6) is 0. The molecule has 3 nitrogen and oxygen atoms in total. The Balaban J connectivity index is 1.87. The van der Waals surface area contributed by atoms with Gasteiger partial charge in [-0.2, -0.15) is 13.2 Å². The number of hydrogen-bond donors (Lipinski definition) is 2. The van der Waals surface area contributed by atoms with Gasteiger partial charge in [-0.15, -0.1) is 0 Å². The highest BCUT2D eigenvalue weighted by atomic mass is 19.4. The minimum atomic E-state index is -4.42. The summed E-state index contributed by atoms with van der Waals surface area (Å²) < 4.78 is 40.0. The molecular formula is C19H20F3NO2. The van der Waals surface area contributed by atoms with Crippen LogP contribution in [0.3, 0.4) is 0 Å². The molecule has 0 unspecified atom stereocenters. The lowest BCUT2D eigenvalue weighted by Gasteiger charge is -2.27. The van der Waals surface area contributed by atoms with Crippen molar-refractivity contribution >= 4 is 0 Å². The molecule has 2 atom stereocenters. The summed E-state index contributed by atoms with van der Waals surface area (Å²) in [4.78, 5) is 1.88. The van der Waals surface area contributed by atoms with Gasteiger partial charge in [0.15, 0.2) is 0 Å². The molecule has 1 heterocycles. The molecule has 2 aromatic rings. The summed E-state index contributed by atoms with van der Waals surface area (Å²) in [7, 11) is 0. The Morgan fingerprint density at radius 1 is 1.00 bits per heavy atom. The van der Waals surface area contributed by atoms with E-state index in [9.17, 15) is 18.3 Å². The number of rotatable bonds is 4. The van der Waals surface area contributed by atoms with Crippen molar-refractivity contribution in [1.29, 1.82) is 0 Å². The van der Waals surface area contributed by atoms with Crippen LogP contribution in [0.2, 0.25) is 0 Å². The van der Waals surface area contributed by atoms with Crippen LogP contribution < -0.4 is 0 Å². The zero-order valence-corrected chi connectivity index (χ0v) is 13.6. The zero-order chi connectivity index (χ0) is 18.0. The molecule has 0 aromatic heterocycles. The minimum Gasteiger partial charge on any atom is -0.392 e. The van der Waals surface area contributed by atoms with Crippen LogP contribution in [-0.2, 0) is 19.3 Å². The summed E-state index contributed by atoms with van der Waals surface area (Å²) in [6.45, 7) is 0.725. The normalized spacial score (nSPS) is 21.6. The van der Waals surface area contributed by atoms with E-state index >= 15 is 0 Å². The third kappa shape index (κ3) is 4.03. The second kappa shape index (κ2) is 7.15. The Morgan fingerprint density at radius 3 is 2.28 bits per heavy atom. The largest absolute Gasteiger partial charge is 0.416 e. The van der Waals surface area contributed by atoms with Crippen LogP contribution in [-0.4, -0.2) is 27.8 Å². The Morgan fingerprint density at radius 2 is 1.64 bits per heavy atom. The Labute approximate surface area is 144 Å². The van der Waals surface area contributed by atoms with Crippen LogP contribution in [0.15, 0.2) is 48.5 Å². The topological polar surface area (TPSA) is 43.7 Å². The van der Waals surface area contributed by atoms with Crippen molar-refractivity contribution in [1.82, 2.24) is 4.90 Å². The van der Waals surface area contributed by atoms with Crippen LogP contribution in [0, 0.1) is 0 Å². The van der Waals surface area contributed by atoms with E-state index in [4.69, 9.17) is 5.11 Å². The number of likely N-dealkylation sites (tertiary alicyclic amines) is 1. The Kier molecular flexibility index (Phi) is 5.13. The molecule has 1 fully saturated rings. The van der Waals surface area contributed by atoms with E-state index in [1.165, 1.54) is 12.1 Å². The maximum Gasteiger partial charge on any atom is 0.416 e. The zero-order valence-electron chi connectivity index (χ0n) is 13.6. The number of halogens is 3. The number of alkyl halides is 3. The van der Waals surface area contributed by atoms with E-state index in [1.54, 1.807) is 18.2 Å². The number of hydrogen-bond acceptors (Lipinski definition) is 3. The van der Waals surface area contributed by atoms with Crippen molar-refractivity contribution < 1.29 is 23.4 Å². The fourth-order valence-electron chi connectivity index (χ4n) is 3.41. The molecule has 0 bridgehead atoms. The van der Waals surface area contributed by atoms with Crippen molar-refractivity contribution in [2.75, 3.05) is 6.54 Å². The van der Waals surface area contributed by atoms with Crippen LogP contribution in [0.4, 0.5) is 13.2 Å². The quantitative estimate of drug-likeness (QED) is 0.886. The summed E-state index contributed by atoms with van der Waals surface area (Å²) in [5.41, 5.74) is 1.28. The molecule has 1 aliphatic rings. The molecule has 1 saturated heterocycles. The van der Waals surface area contributed by atoms with Crippen LogP contribution in [0.25, 0.3) is 0 Å². The second-order valence-corrected chi connectivity index (χ2v) is 6.39. The smallest absolute Gasteiger partial charge is 0.392 e. The lowest BCUT2D eigenvalue weighted by atomic mass is 9.97. The van der Waals surface area contributed by atoms with E-state index in [0.717, 1.165) is 17.2 Å². The summed E-state index contributed by atoms with van der Waals surface area (Å²) >= 11 is 0. The number of β-amino-alcohol motifs (C(OH)–C–C–N with tert-alkyl or cyclic N) is 1. The first-order valence-electron chi connectivity index (χ1n) is 8.15. The lowest BCUT2D eigenvalue weighted by Crippen LogP contribution is -2.26. The minimum absolute atomic E-state index is 0.0513. The van der Waals surface area contributed by atoms with Gasteiger partial charge in [0.2, 0.25) is 0 Å². The van der Waals surface area contributed by atoms with Gasteiger partial charge < -0.3 is 10.2 Å². The molecule has 0 aliphatic carbocycles. The third-order valence-corrected chi connectivity index (χ3v) is 4.60. The highest BCUT2D eigenvalue weighted by molar-refractivity contribution is 5.33.